The third-order valence-corrected chi connectivity index (χ3v) is 4.51. The van der Waals surface area contributed by atoms with Crippen molar-refractivity contribution in [2.75, 3.05) is 12.4 Å². The lowest BCUT2D eigenvalue weighted by atomic mass is 10.3. The molecule has 0 unspecified atom stereocenters. The van der Waals surface area contributed by atoms with Gasteiger partial charge >= 0.3 is 0 Å². The second-order valence-corrected chi connectivity index (χ2v) is 6.64. The average Bonchev–Trinajstić information content (AvgIpc) is 2.76. The van der Waals surface area contributed by atoms with Crippen molar-refractivity contribution in [1.29, 1.82) is 0 Å². The van der Waals surface area contributed by atoms with Crippen LogP contribution in [0.5, 0.6) is 5.75 Å². The first-order chi connectivity index (χ1) is 8.61. The minimum absolute atomic E-state index is 0.535. The number of hydrogen-bond acceptors (Lipinski definition) is 4. The lowest BCUT2D eigenvalue weighted by Gasteiger charge is -2.13. The zero-order valence-electron chi connectivity index (χ0n) is 9.34. The predicted octanol–water partition coefficient (Wildman–Crippen LogP) is 4.68. The molecule has 0 aliphatic rings. The summed E-state index contributed by atoms with van der Waals surface area (Å²) in [5.41, 5.74) is 0.788. The fourth-order valence-electron chi connectivity index (χ4n) is 1.44. The first-order valence-electron chi connectivity index (χ1n) is 4.98. The van der Waals surface area contributed by atoms with Crippen molar-refractivity contribution in [3.05, 3.63) is 36.3 Å². The number of nitrogens with one attached hydrogen (secondary N) is 1. The van der Waals surface area contributed by atoms with Crippen molar-refractivity contribution in [1.82, 2.24) is 4.98 Å². The largest absolute Gasteiger partial charge is 0.493 e. The van der Waals surface area contributed by atoms with Gasteiger partial charge in [-0.1, -0.05) is 23.2 Å². The summed E-state index contributed by atoms with van der Waals surface area (Å²) >= 11 is 15.6. The molecule has 0 saturated carbocycles. The van der Waals surface area contributed by atoms with Crippen LogP contribution in [-0.4, -0.2) is 12.1 Å². The summed E-state index contributed by atoms with van der Waals surface area (Å²) < 4.78 is 6.90. The molecule has 96 valence electrons. The molecule has 0 amide bonds. The predicted molar refractivity (Wildman–Crippen MR) is 85.2 cm³/mol. The highest BCUT2D eigenvalue weighted by atomic mass is 127. The molecule has 3 nitrogen and oxygen atoms in total. The molecule has 0 saturated heterocycles. The molecule has 0 bridgehead atoms. The Morgan fingerprint density at radius 3 is 2.83 bits per heavy atom. The molecule has 0 atom stereocenters. The number of nitrogens with zero attached hydrogens (tertiary/aromatic N) is 1. The monoisotopic (exact) mass is 414 g/mol. The third kappa shape index (κ3) is 3.20. The van der Waals surface area contributed by atoms with E-state index in [0.717, 1.165) is 19.9 Å². The molecule has 18 heavy (non-hydrogen) atoms. The van der Waals surface area contributed by atoms with E-state index in [-0.39, 0.29) is 0 Å². The van der Waals surface area contributed by atoms with E-state index < -0.39 is 0 Å². The van der Waals surface area contributed by atoms with Crippen LogP contribution in [0.3, 0.4) is 0 Å². The molecule has 0 aliphatic carbocycles. The third-order valence-electron chi connectivity index (χ3n) is 2.23. The molecule has 7 heteroatoms. The highest BCUT2D eigenvalue weighted by molar-refractivity contribution is 14.1. The fourth-order valence-corrected chi connectivity index (χ4v) is 3.24. The summed E-state index contributed by atoms with van der Waals surface area (Å²) in [6.45, 7) is 0.612. The normalized spacial score (nSPS) is 10.4. The molecule has 0 spiro atoms. The number of methoxy groups -OCH3 is 1. The zero-order valence-corrected chi connectivity index (χ0v) is 13.8. The number of hydrogen-bond donors (Lipinski definition) is 1. The number of thiazole rings is 1. The fraction of sp³-hybridized carbons (Fsp3) is 0.182. The van der Waals surface area contributed by atoms with Crippen LogP contribution in [0.2, 0.25) is 9.49 Å². The maximum Gasteiger partial charge on any atom is 0.183 e. The van der Waals surface area contributed by atoms with Crippen molar-refractivity contribution < 1.29 is 4.74 Å². The van der Waals surface area contributed by atoms with Gasteiger partial charge < -0.3 is 10.1 Å². The van der Waals surface area contributed by atoms with Gasteiger partial charge in [0.2, 0.25) is 0 Å². The SMILES string of the molecule is COc1c(I)ccc(Cl)c1NCc1cnc(Cl)s1. The molecule has 2 aromatic rings. The van der Waals surface area contributed by atoms with Crippen LogP contribution in [0, 0.1) is 3.57 Å². The second-order valence-electron chi connectivity index (χ2n) is 3.37. The molecule has 1 aromatic heterocycles. The smallest absolute Gasteiger partial charge is 0.183 e. The summed E-state index contributed by atoms with van der Waals surface area (Å²) in [5, 5.41) is 3.88. The van der Waals surface area contributed by atoms with E-state index in [1.165, 1.54) is 11.3 Å². The first kappa shape index (κ1) is 14.2. The summed E-state index contributed by atoms with van der Waals surface area (Å²) in [6.07, 6.45) is 1.74. The molecule has 1 N–H and O–H groups in total. The van der Waals surface area contributed by atoms with Gasteiger partial charge in [0.15, 0.2) is 10.2 Å². The summed E-state index contributed by atoms with van der Waals surface area (Å²) in [4.78, 5) is 5.03. The van der Waals surface area contributed by atoms with Crippen molar-refractivity contribution in [3.8, 4) is 5.75 Å². The van der Waals surface area contributed by atoms with Gasteiger partial charge in [0.05, 0.1) is 27.9 Å². The molecule has 1 aromatic carbocycles. The Bertz CT molecular complexity index is 562. The number of anilines is 1. The standard InChI is InChI=1S/C11H9Cl2IN2OS/c1-17-10-8(14)3-2-7(12)9(10)15-4-6-5-16-11(13)18-6/h2-3,5,15H,4H2,1H3. The van der Waals surface area contributed by atoms with Gasteiger partial charge in [-0.3, -0.25) is 0 Å². The van der Waals surface area contributed by atoms with Gasteiger partial charge in [0, 0.05) is 11.1 Å². The molecule has 0 fully saturated rings. The lowest BCUT2D eigenvalue weighted by Crippen LogP contribution is -2.02. The average molecular weight is 415 g/mol. The van der Waals surface area contributed by atoms with E-state index >= 15 is 0 Å². The van der Waals surface area contributed by atoms with Gasteiger partial charge in [-0.05, 0) is 34.7 Å². The minimum Gasteiger partial charge on any atom is -0.493 e. The maximum atomic E-state index is 6.17. The summed E-state index contributed by atoms with van der Waals surface area (Å²) in [7, 11) is 1.63. The van der Waals surface area contributed by atoms with E-state index in [1.807, 2.05) is 12.1 Å². The van der Waals surface area contributed by atoms with Crippen molar-refractivity contribution in [3.63, 3.8) is 0 Å². The first-order valence-corrected chi connectivity index (χ1v) is 7.63. The summed E-state index contributed by atoms with van der Waals surface area (Å²) in [6, 6.07) is 3.75. The Kier molecular flexibility index (Phi) is 4.94. The van der Waals surface area contributed by atoms with Crippen LogP contribution in [0.15, 0.2) is 18.3 Å². The molecule has 0 aliphatic heterocycles. The number of rotatable bonds is 4. The summed E-state index contributed by atoms with van der Waals surface area (Å²) in [5.74, 6) is 0.749. The van der Waals surface area contributed by atoms with Gasteiger partial charge in [-0.2, -0.15) is 0 Å². The Morgan fingerprint density at radius 2 is 2.22 bits per heavy atom. The number of ether oxygens (including phenoxy) is 1. The van der Waals surface area contributed by atoms with Gasteiger partial charge in [-0.25, -0.2) is 4.98 Å². The van der Waals surface area contributed by atoms with E-state index in [9.17, 15) is 0 Å². The van der Waals surface area contributed by atoms with Gasteiger partial charge in [0.1, 0.15) is 0 Å². The van der Waals surface area contributed by atoms with Crippen LogP contribution >= 0.6 is 57.1 Å². The van der Waals surface area contributed by atoms with Crippen LogP contribution in [0.25, 0.3) is 0 Å². The molecule has 0 radical (unpaired) electrons. The maximum absolute atomic E-state index is 6.17. The minimum atomic E-state index is 0.535. The number of halogens is 3. The second kappa shape index (κ2) is 6.27. The van der Waals surface area contributed by atoms with E-state index in [0.29, 0.717) is 16.0 Å². The molecular weight excluding hydrogens is 406 g/mol. The number of aromatic nitrogens is 1. The Balaban J connectivity index is 2.20. The highest BCUT2D eigenvalue weighted by Gasteiger charge is 2.12. The Morgan fingerprint density at radius 1 is 1.44 bits per heavy atom. The number of benzene rings is 1. The van der Waals surface area contributed by atoms with Crippen molar-refractivity contribution in [2.24, 2.45) is 0 Å². The molecular formula is C11H9Cl2IN2OS. The lowest BCUT2D eigenvalue weighted by molar-refractivity contribution is 0.413. The zero-order chi connectivity index (χ0) is 13.1. The molecule has 1 heterocycles. The van der Waals surface area contributed by atoms with Crippen LogP contribution < -0.4 is 10.1 Å². The van der Waals surface area contributed by atoms with Crippen LogP contribution in [-0.2, 0) is 6.54 Å². The Labute approximate surface area is 133 Å². The van der Waals surface area contributed by atoms with Crippen LogP contribution in [0.4, 0.5) is 5.69 Å². The quantitative estimate of drug-likeness (QED) is 0.737. The molecule has 2 rings (SSSR count). The van der Waals surface area contributed by atoms with Gasteiger partial charge in [-0.15, -0.1) is 11.3 Å². The van der Waals surface area contributed by atoms with Crippen molar-refractivity contribution in [2.45, 2.75) is 6.54 Å². The van der Waals surface area contributed by atoms with E-state index in [2.05, 4.69) is 32.9 Å². The Hall–Kier alpha value is -0.240. The topological polar surface area (TPSA) is 34.1 Å². The van der Waals surface area contributed by atoms with Crippen molar-refractivity contribution >= 4 is 62.8 Å². The van der Waals surface area contributed by atoms with Gasteiger partial charge in [0.25, 0.3) is 0 Å². The van der Waals surface area contributed by atoms with E-state index in [1.54, 1.807) is 13.3 Å². The highest BCUT2D eigenvalue weighted by Crippen LogP contribution is 2.36. The van der Waals surface area contributed by atoms with E-state index in [4.69, 9.17) is 27.9 Å². The van der Waals surface area contributed by atoms with Crippen LogP contribution in [0.1, 0.15) is 4.88 Å².